The van der Waals surface area contributed by atoms with Crippen molar-refractivity contribution in [3.8, 4) is 11.5 Å². The van der Waals surface area contributed by atoms with Crippen molar-refractivity contribution in [2.75, 3.05) is 32.7 Å². The second-order valence-electron chi connectivity index (χ2n) is 5.55. The fraction of sp³-hybridized carbons (Fsp3) is 0.263. The van der Waals surface area contributed by atoms with Gasteiger partial charge >= 0.3 is 5.97 Å². The van der Waals surface area contributed by atoms with Crippen LogP contribution in [-0.2, 0) is 9.53 Å². The summed E-state index contributed by atoms with van der Waals surface area (Å²) in [4.78, 5) is 25.7. The third-order valence-electron chi connectivity index (χ3n) is 3.65. The quantitative estimate of drug-likeness (QED) is 0.218. The summed E-state index contributed by atoms with van der Waals surface area (Å²) in [7, 11) is 3.09. The van der Waals surface area contributed by atoms with Crippen LogP contribution in [0, 0.1) is 10.1 Å². The summed E-state index contributed by atoms with van der Waals surface area (Å²) in [6, 6.07) is 8.20. The van der Waals surface area contributed by atoms with Crippen molar-refractivity contribution in [2.24, 2.45) is 0 Å². The highest BCUT2D eigenvalue weighted by Crippen LogP contribution is 2.27. The van der Waals surface area contributed by atoms with Crippen LogP contribution in [0.1, 0.15) is 12.0 Å². The Labute approximate surface area is 162 Å². The molecule has 2 rings (SSSR count). The summed E-state index contributed by atoms with van der Waals surface area (Å²) in [6.07, 6.45) is 4.71. The van der Waals surface area contributed by atoms with Gasteiger partial charge in [-0.15, -0.1) is 0 Å². The lowest BCUT2D eigenvalue weighted by Crippen LogP contribution is -2.09. The average Bonchev–Trinajstić information content (AvgIpc) is 2.72. The minimum absolute atomic E-state index is 0.0688. The van der Waals surface area contributed by atoms with Gasteiger partial charge in [0, 0.05) is 18.7 Å². The molecule has 0 amide bonds. The monoisotopic (exact) mass is 387 g/mol. The van der Waals surface area contributed by atoms with E-state index in [2.05, 4.69) is 10.3 Å². The number of rotatable bonds is 10. The number of carbonyl (C=O) groups excluding carboxylic acids is 1. The van der Waals surface area contributed by atoms with Crippen molar-refractivity contribution in [2.45, 2.75) is 6.42 Å². The summed E-state index contributed by atoms with van der Waals surface area (Å²) in [6.45, 7) is 0.743. The van der Waals surface area contributed by atoms with Crippen molar-refractivity contribution >= 4 is 23.6 Å². The SMILES string of the molecule is COc1ccc(/C=C/C(=O)OCCCNc2ccc([N+](=O)[O-])cn2)cc1OC. The number of nitrogens with zero attached hydrogens (tertiary/aromatic N) is 2. The van der Waals surface area contributed by atoms with Crippen LogP contribution in [0.3, 0.4) is 0 Å². The first-order valence-corrected chi connectivity index (χ1v) is 8.44. The first-order valence-electron chi connectivity index (χ1n) is 8.44. The fourth-order valence-corrected chi connectivity index (χ4v) is 2.23. The number of carbonyl (C=O) groups is 1. The van der Waals surface area contributed by atoms with E-state index in [9.17, 15) is 14.9 Å². The molecule has 0 radical (unpaired) electrons. The minimum Gasteiger partial charge on any atom is -0.493 e. The van der Waals surface area contributed by atoms with Crippen LogP contribution in [0.2, 0.25) is 0 Å². The maximum atomic E-state index is 11.8. The summed E-state index contributed by atoms with van der Waals surface area (Å²) < 4.78 is 15.5. The number of ether oxygens (including phenoxy) is 3. The normalized spacial score (nSPS) is 10.5. The van der Waals surface area contributed by atoms with Crippen LogP contribution in [0.15, 0.2) is 42.6 Å². The highest BCUT2D eigenvalue weighted by Gasteiger charge is 2.05. The number of aromatic nitrogens is 1. The molecule has 0 aliphatic rings. The minimum atomic E-state index is -0.508. The van der Waals surface area contributed by atoms with E-state index in [1.54, 1.807) is 38.5 Å². The lowest BCUT2D eigenvalue weighted by molar-refractivity contribution is -0.385. The van der Waals surface area contributed by atoms with Crippen LogP contribution in [0.5, 0.6) is 11.5 Å². The number of benzene rings is 1. The van der Waals surface area contributed by atoms with E-state index in [4.69, 9.17) is 14.2 Å². The van der Waals surface area contributed by atoms with Crippen molar-refractivity contribution in [1.82, 2.24) is 4.98 Å². The maximum Gasteiger partial charge on any atom is 0.330 e. The predicted octanol–water partition coefficient (Wildman–Crippen LogP) is 3.07. The number of hydrogen-bond acceptors (Lipinski definition) is 8. The Bertz CT molecular complexity index is 836. The molecular weight excluding hydrogens is 366 g/mol. The largest absolute Gasteiger partial charge is 0.493 e. The Morgan fingerprint density at radius 1 is 1.21 bits per heavy atom. The Morgan fingerprint density at radius 3 is 2.64 bits per heavy atom. The molecule has 0 spiro atoms. The molecule has 0 atom stereocenters. The molecule has 28 heavy (non-hydrogen) atoms. The van der Waals surface area contributed by atoms with Gasteiger partial charge in [0.25, 0.3) is 5.69 Å². The molecule has 1 aromatic carbocycles. The summed E-state index contributed by atoms with van der Waals surface area (Å²) in [5.74, 6) is 1.25. The number of nitro groups is 1. The van der Waals surface area contributed by atoms with Gasteiger partial charge in [-0.1, -0.05) is 6.07 Å². The first kappa shape index (κ1) is 20.7. The third-order valence-corrected chi connectivity index (χ3v) is 3.65. The molecule has 0 fully saturated rings. The molecule has 0 aliphatic carbocycles. The topological polar surface area (TPSA) is 113 Å². The van der Waals surface area contributed by atoms with Crippen LogP contribution >= 0.6 is 0 Å². The van der Waals surface area contributed by atoms with Gasteiger partial charge in [0.1, 0.15) is 12.0 Å². The van der Waals surface area contributed by atoms with E-state index in [1.165, 1.54) is 24.4 Å². The summed E-state index contributed by atoms with van der Waals surface area (Å²) in [5.41, 5.74) is 0.709. The Balaban J connectivity index is 1.71. The molecule has 1 aromatic heterocycles. The van der Waals surface area contributed by atoms with Crippen molar-refractivity contribution in [3.05, 3.63) is 58.3 Å². The lowest BCUT2D eigenvalue weighted by Gasteiger charge is -2.07. The fourth-order valence-electron chi connectivity index (χ4n) is 2.23. The highest BCUT2D eigenvalue weighted by molar-refractivity contribution is 5.87. The first-order chi connectivity index (χ1) is 13.5. The molecule has 2 aromatic rings. The van der Waals surface area contributed by atoms with Crippen LogP contribution < -0.4 is 14.8 Å². The van der Waals surface area contributed by atoms with Crippen LogP contribution in [-0.4, -0.2) is 43.2 Å². The van der Waals surface area contributed by atoms with Crippen molar-refractivity contribution in [1.29, 1.82) is 0 Å². The Hall–Kier alpha value is -3.62. The molecule has 0 bridgehead atoms. The molecule has 0 saturated heterocycles. The molecule has 9 heteroatoms. The standard InChI is InChI=1S/C19H21N3O6/c1-26-16-7-4-14(12-17(16)27-2)5-9-19(23)28-11-3-10-20-18-8-6-15(13-21-18)22(24)25/h4-9,12-13H,3,10-11H2,1-2H3,(H,20,21)/b9-5+. The van der Waals surface area contributed by atoms with Crippen LogP contribution in [0.25, 0.3) is 6.08 Å². The molecule has 1 N–H and O–H groups in total. The van der Waals surface area contributed by atoms with E-state index in [-0.39, 0.29) is 12.3 Å². The maximum absolute atomic E-state index is 11.8. The average molecular weight is 387 g/mol. The van der Waals surface area contributed by atoms with Gasteiger partial charge in [-0.25, -0.2) is 9.78 Å². The predicted molar refractivity (Wildman–Crippen MR) is 104 cm³/mol. The van der Waals surface area contributed by atoms with Gasteiger partial charge in [0.15, 0.2) is 11.5 Å². The summed E-state index contributed by atoms with van der Waals surface area (Å²) >= 11 is 0. The molecule has 148 valence electrons. The smallest absolute Gasteiger partial charge is 0.330 e. The van der Waals surface area contributed by atoms with Gasteiger partial charge in [-0.3, -0.25) is 10.1 Å². The molecular formula is C19H21N3O6. The van der Waals surface area contributed by atoms with Gasteiger partial charge in [0.2, 0.25) is 0 Å². The second kappa shape index (κ2) is 10.5. The molecule has 0 unspecified atom stereocenters. The van der Waals surface area contributed by atoms with E-state index in [0.717, 1.165) is 5.56 Å². The second-order valence-corrected chi connectivity index (χ2v) is 5.55. The highest BCUT2D eigenvalue weighted by atomic mass is 16.6. The molecule has 0 saturated carbocycles. The number of hydrogen-bond donors (Lipinski definition) is 1. The zero-order chi connectivity index (χ0) is 20.4. The number of anilines is 1. The van der Waals surface area contributed by atoms with Crippen molar-refractivity contribution < 1.29 is 23.9 Å². The van der Waals surface area contributed by atoms with E-state index in [0.29, 0.717) is 30.3 Å². The zero-order valence-electron chi connectivity index (χ0n) is 15.6. The Kier molecular flexibility index (Phi) is 7.77. The van der Waals surface area contributed by atoms with E-state index < -0.39 is 10.9 Å². The van der Waals surface area contributed by atoms with Crippen LogP contribution in [0.4, 0.5) is 11.5 Å². The van der Waals surface area contributed by atoms with E-state index >= 15 is 0 Å². The number of pyridine rings is 1. The summed E-state index contributed by atoms with van der Waals surface area (Å²) in [5, 5.41) is 13.6. The Morgan fingerprint density at radius 2 is 2.00 bits per heavy atom. The number of nitrogens with one attached hydrogen (secondary N) is 1. The third kappa shape index (κ3) is 6.27. The van der Waals surface area contributed by atoms with Gasteiger partial charge in [-0.05, 0) is 36.3 Å². The molecule has 9 nitrogen and oxygen atoms in total. The molecule has 0 aliphatic heterocycles. The lowest BCUT2D eigenvalue weighted by atomic mass is 10.2. The zero-order valence-corrected chi connectivity index (χ0v) is 15.6. The van der Waals surface area contributed by atoms with E-state index in [1.807, 2.05) is 0 Å². The van der Waals surface area contributed by atoms with Crippen molar-refractivity contribution in [3.63, 3.8) is 0 Å². The number of esters is 1. The number of methoxy groups -OCH3 is 2. The molecule has 1 heterocycles. The van der Waals surface area contributed by atoms with Gasteiger partial charge in [-0.2, -0.15) is 0 Å². The van der Waals surface area contributed by atoms with Gasteiger partial charge in [0.05, 0.1) is 25.7 Å². The van der Waals surface area contributed by atoms with Gasteiger partial charge < -0.3 is 19.5 Å².